The lowest BCUT2D eigenvalue weighted by molar-refractivity contribution is 0.338. The van der Waals surface area contributed by atoms with Crippen LogP contribution in [0.25, 0.3) is 0 Å². The average molecular weight is 307 g/mol. The maximum absolute atomic E-state index is 12.3. The normalized spacial score (nSPS) is 12.8. The molecule has 0 aromatic carbocycles. The van der Waals surface area contributed by atoms with Gasteiger partial charge in [-0.1, -0.05) is 47.5 Å². The predicted octanol–water partition coefficient (Wildman–Crippen LogP) is 2.85. The lowest BCUT2D eigenvalue weighted by Gasteiger charge is -2.24. The summed E-state index contributed by atoms with van der Waals surface area (Å²) in [7, 11) is -3.08. The Morgan fingerprint density at radius 3 is 2.10 bits per heavy atom. The van der Waals surface area contributed by atoms with E-state index in [9.17, 15) is 8.42 Å². The van der Waals surface area contributed by atoms with Crippen LogP contribution in [0.2, 0.25) is 0 Å². The standard InChI is InChI=1S/C15H34N2O2S/c1-6-15(7-2)13-17(8-3)20(18,19)12-10-9-11-16-14(4)5/h14-16H,6-13H2,1-5H3. The van der Waals surface area contributed by atoms with Crippen molar-refractivity contribution in [3.8, 4) is 0 Å². The van der Waals surface area contributed by atoms with Crippen LogP contribution in [0.1, 0.15) is 60.3 Å². The van der Waals surface area contributed by atoms with Crippen LogP contribution in [-0.4, -0.2) is 44.2 Å². The Bertz CT molecular complexity index is 325. The van der Waals surface area contributed by atoms with Crippen LogP contribution in [0, 0.1) is 5.92 Å². The van der Waals surface area contributed by atoms with E-state index < -0.39 is 10.0 Å². The van der Waals surface area contributed by atoms with Gasteiger partial charge in [-0.05, 0) is 25.3 Å². The molecule has 0 aromatic rings. The van der Waals surface area contributed by atoms with E-state index >= 15 is 0 Å². The number of nitrogens with zero attached hydrogens (tertiary/aromatic N) is 1. The van der Waals surface area contributed by atoms with Gasteiger partial charge in [0.2, 0.25) is 10.0 Å². The molecule has 0 unspecified atom stereocenters. The van der Waals surface area contributed by atoms with Gasteiger partial charge in [-0.3, -0.25) is 0 Å². The van der Waals surface area contributed by atoms with Crippen LogP contribution >= 0.6 is 0 Å². The third kappa shape index (κ3) is 8.22. The van der Waals surface area contributed by atoms with Gasteiger partial charge in [-0.15, -0.1) is 0 Å². The highest BCUT2D eigenvalue weighted by Crippen LogP contribution is 2.14. The molecule has 0 saturated carbocycles. The molecule has 0 radical (unpaired) electrons. The third-order valence-electron chi connectivity index (χ3n) is 3.74. The molecule has 1 N–H and O–H groups in total. The van der Waals surface area contributed by atoms with Crippen molar-refractivity contribution in [3.63, 3.8) is 0 Å². The highest BCUT2D eigenvalue weighted by molar-refractivity contribution is 7.89. The minimum Gasteiger partial charge on any atom is -0.315 e. The van der Waals surface area contributed by atoms with Gasteiger partial charge in [0.1, 0.15) is 0 Å². The van der Waals surface area contributed by atoms with Crippen molar-refractivity contribution >= 4 is 10.0 Å². The van der Waals surface area contributed by atoms with Crippen molar-refractivity contribution in [3.05, 3.63) is 0 Å². The summed E-state index contributed by atoms with van der Waals surface area (Å²) in [6, 6.07) is 0.466. The summed E-state index contributed by atoms with van der Waals surface area (Å²) < 4.78 is 26.3. The molecule has 0 rings (SSSR count). The van der Waals surface area contributed by atoms with Crippen LogP contribution in [0.3, 0.4) is 0 Å². The zero-order chi connectivity index (χ0) is 15.6. The van der Waals surface area contributed by atoms with Gasteiger partial charge in [0.05, 0.1) is 5.75 Å². The predicted molar refractivity (Wildman–Crippen MR) is 87.5 cm³/mol. The van der Waals surface area contributed by atoms with E-state index in [1.807, 2.05) is 6.92 Å². The summed E-state index contributed by atoms with van der Waals surface area (Å²) in [6.07, 6.45) is 3.74. The second-order valence-corrected chi connectivity index (χ2v) is 7.85. The van der Waals surface area contributed by atoms with Crippen LogP contribution in [-0.2, 0) is 10.0 Å². The molecule has 0 amide bonds. The zero-order valence-corrected chi connectivity index (χ0v) is 14.8. The Kier molecular flexibility index (Phi) is 10.5. The van der Waals surface area contributed by atoms with E-state index in [0.717, 1.165) is 32.2 Å². The third-order valence-corrected chi connectivity index (χ3v) is 5.74. The van der Waals surface area contributed by atoms with Crippen LogP contribution in [0.5, 0.6) is 0 Å². The van der Waals surface area contributed by atoms with Crippen molar-refractivity contribution in [1.29, 1.82) is 0 Å². The molecule has 0 aromatic heterocycles. The summed E-state index contributed by atoms with van der Waals surface area (Å²) >= 11 is 0. The van der Waals surface area contributed by atoms with Crippen molar-refractivity contribution in [2.24, 2.45) is 5.92 Å². The fraction of sp³-hybridized carbons (Fsp3) is 1.00. The van der Waals surface area contributed by atoms with Crippen molar-refractivity contribution in [1.82, 2.24) is 9.62 Å². The van der Waals surface area contributed by atoms with E-state index in [2.05, 4.69) is 33.0 Å². The summed E-state index contributed by atoms with van der Waals surface area (Å²) in [6.45, 7) is 12.6. The highest BCUT2D eigenvalue weighted by atomic mass is 32.2. The summed E-state index contributed by atoms with van der Waals surface area (Å²) in [4.78, 5) is 0. The van der Waals surface area contributed by atoms with Crippen LogP contribution < -0.4 is 5.32 Å². The first-order chi connectivity index (χ1) is 9.37. The molecule has 20 heavy (non-hydrogen) atoms. The summed E-state index contributed by atoms with van der Waals surface area (Å²) in [5, 5.41) is 3.32. The number of hydrogen-bond acceptors (Lipinski definition) is 3. The Balaban J connectivity index is 4.23. The van der Waals surface area contributed by atoms with Gasteiger partial charge >= 0.3 is 0 Å². The molecule has 4 nitrogen and oxygen atoms in total. The van der Waals surface area contributed by atoms with Crippen LogP contribution in [0.4, 0.5) is 0 Å². The smallest absolute Gasteiger partial charge is 0.214 e. The Morgan fingerprint density at radius 2 is 1.65 bits per heavy atom. The molecule has 0 heterocycles. The van der Waals surface area contributed by atoms with E-state index in [0.29, 0.717) is 25.0 Å². The maximum atomic E-state index is 12.3. The molecule has 0 aliphatic rings. The van der Waals surface area contributed by atoms with Crippen molar-refractivity contribution < 1.29 is 8.42 Å². The first kappa shape index (κ1) is 19.9. The quantitative estimate of drug-likeness (QED) is 0.564. The highest BCUT2D eigenvalue weighted by Gasteiger charge is 2.22. The van der Waals surface area contributed by atoms with Gasteiger partial charge in [0.15, 0.2) is 0 Å². The average Bonchev–Trinajstić information content (AvgIpc) is 2.39. The van der Waals surface area contributed by atoms with Crippen molar-refractivity contribution in [2.75, 3.05) is 25.4 Å². The second kappa shape index (κ2) is 10.6. The Hall–Kier alpha value is -0.130. The van der Waals surface area contributed by atoms with Crippen molar-refractivity contribution in [2.45, 2.75) is 66.3 Å². The topological polar surface area (TPSA) is 49.4 Å². The van der Waals surface area contributed by atoms with E-state index in [1.165, 1.54) is 0 Å². The number of hydrogen-bond donors (Lipinski definition) is 1. The molecule has 0 aliphatic heterocycles. The molecular weight excluding hydrogens is 272 g/mol. The SMILES string of the molecule is CCC(CC)CN(CC)S(=O)(=O)CCCCNC(C)C. The minimum absolute atomic E-state index is 0.279. The van der Waals surface area contributed by atoms with Gasteiger partial charge in [-0.25, -0.2) is 12.7 Å². The van der Waals surface area contributed by atoms with Gasteiger partial charge in [0.25, 0.3) is 0 Å². The fourth-order valence-electron chi connectivity index (χ4n) is 2.20. The largest absolute Gasteiger partial charge is 0.315 e. The monoisotopic (exact) mass is 306 g/mol. The molecule has 0 atom stereocenters. The molecule has 0 fully saturated rings. The lowest BCUT2D eigenvalue weighted by Crippen LogP contribution is -2.36. The summed E-state index contributed by atoms with van der Waals surface area (Å²) in [5.74, 6) is 0.758. The molecule has 0 bridgehead atoms. The Labute approximate surface area is 126 Å². The fourth-order valence-corrected chi connectivity index (χ4v) is 3.86. The number of rotatable bonds is 12. The summed E-state index contributed by atoms with van der Waals surface area (Å²) in [5.41, 5.74) is 0. The molecule has 122 valence electrons. The van der Waals surface area contributed by atoms with E-state index in [4.69, 9.17) is 0 Å². The second-order valence-electron chi connectivity index (χ2n) is 5.77. The molecule has 0 saturated heterocycles. The first-order valence-corrected chi connectivity index (χ1v) is 9.69. The molecule has 0 spiro atoms. The Morgan fingerprint density at radius 1 is 1.05 bits per heavy atom. The van der Waals surface area contributed by atoms with Gasteiger partial charge < -0.3 is 5.32 Å². The first-order valence-electron chi connectivity index (χ1n) is 8.08. The lowest BCUT2D eigenvalue weighted by atomic mass is 10.0. The van der Waals surface area contributed by atoms with Gasteiger partial charge in [-0.2, -0.15) is 0 Å². The molecular formula is C15H34N2O2S. The minimum atomic E-state index is -3.08. The van der Waals surface area contributed by atoms with Gasteiger partial charge in [0, 0.05) is 19.1 Å². The number of nitrogens with one attached hydrogen (secondary N) is 1. The van der Waals surface area contributed by atoms with E-state index in [-0.39, 0.29) is 5.75 Å². The maximum Gasteiger partial charge on any atom is 0.214 e. The zero-order valence-electron chi connectivity index (χ0n) is 14.0. The van der Waals surface area contributed by atoms with E-state index in [1.54, 1.807) is 4.31 Å². The number of unbranched alkanes of at least 4 members (excludes halogenated alkanes) is 1. The van der Waals surface area contributed by atoms with Crippen LogP contribution in [0.15, 0.2) is 0 Å². The number of sulfonamides is 1. The molecule has 5 heteroatoms. The molecule has 0 aliphatic carbocycles.